The number of nitrogen functional groups attached to an aromatic ring is 1. The summed E-state index contributed by atoms with van der Waals surface area (Å²) in [5.74, 6) is 0.216. The van der Waals surface area contributed by atoms with E-state index in [0.29, 0.717) is 41.9 Å². The number of hydrogen-bond acceptors (Lipinski definition) is 7. The SMILES string of the molecule is CC(C)(C)OC(=O)N1CCC[C@@H](n2nc(-c3ccc(Oc4ccccc4F)cc3)c3c(N)n[nH]c(=O)c32)C1. The van der Waals surface area contributed by atoms with E-state index in [1.54, 1.807) is 52.0 Å². The molecule has 2 aromatic heterocycles. The molecule has 4 aromatic rings. The molecule has 1 saturated heterocycles. The van der Waals surface area contributed by atoms with Crippen molar-refractivity contribution in [3.8, 4) is 22.8 Å². The normalized spacial score (nSPS) is 16.0. The van der Waals surface area contributed by atoms with Crippen molar-refractivity contribution in [1.82, 2.24) is 24.9 Å². The first-order chi connectivity index (χ1) is 18.1. The number of ether oxygens (including phenoxy) is 2. The number of halogens is 1. The van der Waals surface area contributed by atoms with E-state index in [9.17, 15) is 14.0 Å². The Labute approximate surface area is 218 Å². The lowest BCUT2D eigenvalue weighted by Gasteiger charge is -2.34. The second-order valence-corrected chi connectivity index (χ2v) is 10.2. The zero-order chi connectivity index (χ0) is 27.0. The van der Waals surface area contributed by atoms with Crippen LogP contribution < -0.4 is 16.0 Å². The fraction of sp³-hybridized carbons (Fsp3) is 0.333. The number of rotatable bonds is 4. The minimum absolute atomic E-state index is 0.113. The average molecular weight is 521 g/mol. The van der Waals surface area contributed by atoms with Gasteiger partial charge in [-0.2, -0.15) is 10.2 Å². The van der Waals surface area contributed by atoms with Crippen molar-refractivity contribution in [2.24, 2.45) is 0 Å². The number of nitrogens with one attached hydrogen (secondary N) is 1. The largest absolute Gasteiger partial charge is 0.454 e. The van der Waals surface area contributed by atoms with Crippen molar-refractivity contribution < 1.29 is 18.7 Å². The molecular weight excluding hydrogens is 491 g/mol. The zero-order valence-electron chi connectivity index (χ0n) is 21.4. The second-order valence-electron chi connectivity index (χ2n) is 10.2. The van der Waals surface area contributed by atoms with E-state index < -0.39 is 23.1 Å². The third-order valence-electron chi connectivity index (χ3n) is 6.25. The number of hydrogen-bond donors (Lipinski definition) is 2. The van der Waals surface area contributed by atoms with E-state index in [1.165, 1.54) is 6.07 Å². The summed E-state index contributed by atoms with van der Waals surface area (Å²) in [5, 5.41) is 11.6. The quantitative estimate of drug-likeness (QED) is 0.393. The molecule has 0 unspecified atom stereocenters. The van der Waals surface area contributed by atoms with E-state index in [4.69, 9.17) is 20.3 Å². The van der Waals surface area contributed by atoms with Gasteiger partial charge in [-0.25, -0.2) is 14.3 Å². The monoisotopic (exact) mass is 520 g/mol. The summed E-state index contributed by atoms with van der Waals surface area (Å²) < 4.78 is 26.8. The molecule has 1 fully saturated rings. The number of para-hydroxylation sites is 1. The molecule has 3 N–H and O–H groups in total. The Morgan fingerprint density at radius 1 is 1.16 bits per heavy atom. The highest BCUT2D eigenvalue weighted by atomic mass is 19.1. The number of carbonyl (C=O) groups is 1. The predicted octanol–water partition coefficient (Wildman–Crippen LogP) is 4.87. The number of likely N-dealkylation sites (tertiary alicyclic amines) is 1. The van der Waals surface area contributed by atoms with Crippen LogP contribution in [0, 0.1) is 5.82 Å². The van der Waals surface area contributed by atoms with Crippen LogP contribution in [0.3, 0.4) is 0 Å². The minimum atomic E-state index is -0.616. The Kier molecular flexibility index (Phi) is 6.52. The van der Waals surface area contributed by atoms with Crippen molar-refractivity contribution in [1.29, 1.82) is 0 Å². The van der Waals surface area contributed by atoms with Gasteiger partial charge in [0.25, 0.3) is 5.56 Å². The van der Waals surface area contributed by atoms with Gasteiger partial charge in [0.1, 0.15) is 22.6 Å². The lowest BCUT2D eigenvalue weighted by molar-refractivity contribution is 0.0169. The molecular formula is C27H29FN6O4. The lowest BCUT2D eigenvalue weighted by atomic mass is 10.1. The minimum Gasteiger partial charge on any atom is -0.454 e. The fourth-order valence-corrected chi connectivity index (χ4v) is 4.56. The van der Waals surface area contributed by atoms with Gasteiger partial charge in [-0.05, 0) is 70.0 Å². The average Bonchev–Trinajstić information content (AvgIpc) is 3.29. The summed E-state index contributed by atoms with van der Waals surface area (Å²) in [6.07, 6.45) is 1.03. The molecule has 1 aliphatic rings. The van der Waals surface area contributed by atoms with Gasteiger partial charge in [0, 0.05) is 18.7 Å². The molecule has 1 aliphatic heterocycles. The maximum Gasteiger partial charge on any atom is 0.410 e. The molecule has 0 radical (unpaired) electrons. The number of fused-ring (bicyclic) bond motifs is 1. The van der Waals surface area contributed by atoms with E-state index in [1.807, 2.05) is 20.8 Å². The van der Waals surface area contributed by atoms with Crippen molar-refractivity contribution in [3.05, 3.63) is 64.7 Å². The molecule has 2 aromatic carbocycles. The lowest BCUT2D eigenvalue weighted by Crippen LogP contribution is -2.43. The van der Waals surface area contributed by atoms with Crippen LogP contribution in [0.2, 0.25) is 0 Å². The summed E-state index contributed by atoms with van der Waals surface area (Å²) in [5.41, 5.74) is 6.61. The highest BCUT2D eigenvalue weighted by Gasteiger charge is 2.31. The summed E-state index contributed by atoms with van der Waals surface area (Å²) in [6.45, 7) is 6.36. The summed E-state index contributed by atoms with van der Waals surface area (Å²) >= 11 is 0. The molecule has 0 aliphatic carbocycles. The number of aromatic nitrogens is 4. The molecule has 1 amide bonds. The molecule has 38 heavy (non-hydrogen) atoms. The van der Waals surface area contributed by atoms with Gasteiger partial charge in [-0.15, -0.1) is 0 Å². The third kappa shape index (κ3) is 5.04. The van der Waals surface area contributed by atoms with E-state index >= 15 is 0 Å². The zero-order valence-corrected chi connectivity index (χ0v) is 21.4. The van der Waals surface area contributed by atoms with Crippen LogP contribution in [0.1, 0.15) is 39.7 Å². The highest BCUT2D eigenvalue weighted by Crippen LogP contribution is 2.34. The van der Waals surface area contributed by atoms with Crippen LogP contribution in [-0.4, -0.2) is 49.7 Å². The van der Waals surface area contributed by atoms with Gasteiger partial charge in [-0.1, -0.05) is 12.1 Å². The second kappa shape index (κ2) is 9.81. The number of anilines is 1. The van der Waals surface area contributed by atoms with Crippen molar-refractivity contribution in [2.75, 3.05) is 18.8 Å². The van der Waals surface area contributed by atoms with E-state index in [0.717, 1.165) is 6.42 Å². The molecule has 3 heterocycles. The number of piperidine rings is 1. The smallest absolute Gasteiger partial charge is 0.410 e. The Hall–Kier alpha value is -4.41. The molecule has 5 rings (SSSR count). The first-order valence-electron chi connectivity index (χ1n) is 12.4. The van der Waals surface area contributed by atoms with Crippen LogP contribution in [0.15, 0.2) is 53.3 Å². The first-order valence-corrected chi connectivity index (χ1v) is 12.4. The standard InChI is InChI=1S/C27H29FN6O4/c1-27(2,3)38-26(36)33-14-6-7-17(15-33)34-23-21(24(29)30-31-25(23)35)22(32-34)16-10-12-18(13-11-16)37-20-9-5-4-8-19(20)28/h4-5,8-13,17H,6-7,14-15H2,1-3H3,(H2,29,30)(H,31,35)/t17-/m1/s1. The molecule has 10 nitrogen and oxygen atoms in total. The topological polar surface area (TPSA) is 128 Å². The Morgan fingerprint density at radius 3 is 2.61 bits per heavy atom. The van der Waals surface area contributed by atoms with Crippen LogP contribution in [0.4, 0.5) is 15.0 Å². The number of carbonyl (C=O) groups excluding carboxylic acids is 1. The predicted molar refractivity (Wildman–Crippen MR) is 141 cm³/mol. The van der Waals surface area contributed by atoms with Gasteiger partial charge in [0.2, 0.25) is 0 Å². The van der Waals surface area contributed by atoms with Crippen LogP contribution in [-0.2, 0) is 4.74 Å². The maximum absolute atomic E-state index is 14.0. The third-order valence-corrected chi connectivity index (χ3v) is 6.25. The highest BCUT2D eigenvalue weighted by molar-refractivity contribution is 5.99. The molecule has 198 valence electrons. The van der Waals surface area contributed by atoms with Crippen LogP contribution >= 0.6 is 0 Å². The van der Waals surface area contributed by atoms with Crippen molar-refractivity contribution >= 4 is 22.8 Å². The number of benzene rings is 2. The Morgan fingerprint density at radius 2 is 1.89 bits per heavy atom. The van der Waals surface area contributed by atoms with E-state index in [-0.39, 0.29) is 23.1 Å². The van der Waals surface area contributed by atoms with Gasteiger partial charge >= 0.3 is 6.09 Å². The number of nitrogens with zero attached hydrogens (tertiary/aromatic N) is 4. The number of nitrogens with two attached hydrogens (primary N) is 1. The summed E-state index contributed by atoms with van der Waals surface area (Å²) in [6, 6.07) is 12.8. The first kappa shape index (κ1) is 25.2. The summed E-state index contributed by atoms with van der Waals surface area (Å²) in [4.78, 5) is 27.3. The van der Waals surface area contributed by atoms with Gasteiger partial charge in [0.05, 0.1) is 11.4 Å². The molecule has 11 heteroatoms. The Balaban J connectivity index is 1.49. The van der Waals surface area contributed by atoms with Crippen molar-refractivity contribution in [2.45, 2.75) is 45.3 Å². The van der Waals surface area contributed by atoms with Crippen molar-refractivity contribution in [3.63, 3.8) is 0 Å². The Bertz CT molecular complexity index is 1540. The molecule has 0 saturated carbocycles. The van der Waals surface area contributed by atoms with Gasteiger partial charge < -0.3 is 20.1 Å². The molecule has 1 atom stereocenters. The number of H-pyrrole nitrogens is 1. The summed E-state index contributed by atoms with van der Waals surface area (Å²) in [7, 11) is 0. The maximum atomic E-state index is 14.0. The van der Waals surface area contributed by atoms with E-state index in [2.05, 4.69) is 10.2 Å². The molecule has 0 bridgehead atoms. The molecule has 0 spiro atoms. The number of aromatic amines is 1. The van der Waals surface area contributed by atoms with Crippen LogP contribution in [0.5, 0.6) is 11.5 Å². The number of amides is 1. The van der Waals surface area contributed by atoms with Crippen LogP contribution in [0.25, 0.3) is 22.2 Å². The fourth-order valence-electron chi connectivity index (χ4n) is 4.56. The van der Waals surface area contributed by atoms with Gasteiger partial charge in [-0.3, -0.25) is 9.48 Å². The van der Waals surface area contributed by atoms with Gasteiger partial charge in [0.15, 0.2) is 17.4 Å².